The molecule has 14 heavy (non-hydrogen) atoms. The number of allylic oxidation sites excluding steroid dienone is 2. The van der Waals surface area contributed by atoms with Gasteiger partial charge in [0.05, 0.1) is 0 Å². The molecule has 1 nitrogen and oxygen atoms in total. The van der Waals surface area contributed by atoms with Crippen LogP contribution in [0.4, 0.5) is 0 Å². The summed E-state index contributed by atoms with van der Waals surface area (Å²) in [4.78, 5) is 0. The van der Waals surface area contributed by atoms with Crippen LogP contribution in [0.1, 0.15) is 26.3 Å². The highest BCUT2D eigenvalue weighted by Crippen LogP contribution is 2.02. The second-order valence-electron chi connectivity index (χ2n) is 3.88. The fourth-order valence-corrected chi connectivity index (χ4v) is 1.40. The second kappa shape index (κ2) is 5.48. The van der Waals surface area contributed by atoms with Gasteiger partial charge in [0.25, 0.3) is 0 Å². The van der Waals surface area contributed by atoms with E-state index in [1.165, 1.54) is 11.3 Å². The lowest BCUT2D eigenvalue weighted by Gasteiger charge is -2.09. The Kier molecular flexibility index (Phi) is 4.24. The van der Waals surface area contributed by atoms with E-state index in [-0.39, 0.29) is 0 Å². The minimum atomic E-state index is 0.516. The lowest BCUT2D eigenvalue weighted by atomic mass is 10.1. The summed E-state index contributed by atoms with van der Waals surface area (Å²) in [5, 5.41) is 3.37. The van der Waals surface area contributed by atoms with Crippen LogP contribution >= 0.6 is 0 Å². The van der Waals surface area contributed by atoms with Gasteiger partial charge in [-0.25, -0.2) is 0 Å². The number of rotatable bonds is 4. The van der Waals surface area contributed by atoms with Crippen LogP contribution in [0.5, 0.6) is 0 Å². The van der Waals surface area contributed by atoms with E-state index in [0.717, 1.165) is 6.42 Å². The number of nitrogens with one attached hydrogen (secondary N) is 1. The normalized spacial score (nSPS) is 11.9. The molecule has 0 bridgehead atoms. The molecule has 1 aromatic rings. The summed E-state index contributed by atoms with van der Waals surface area (Å²) in [7, 11) is 0. The summed E-state index contributed by atoms with van der Waals surface area (Å²) in [6.45, 7) is 6.42. The van der Waals surface area contributed by atoms with Gasteiger partial charge in [0, 0.05) is 11.7 Å². The van der Waals surface area contributed by atoms with Crippen LogP contribution in [0.3, 0.4) is 0 Å². The zero-order valence-corrected chi connectivity index (χ0v) is 9.25. The van der Waals surface area contributed by atoms with Gasteiger partial charge < -0.3 is 5.32 Å². The first-order valence-electron chi connectivity index (χ1n) is 5.15. The van der Waals surface area contributed by atoms with Crippen molar-refractivity contribution in [2.45, 2.75) is 33.2 Å². The Bertz CT molecular complexity index is 285. The third kappa shape index (κ3) is 4.13. The Hall–Kier alpha value is -1.24. The van der Waals surface area contributed by atoms with Crippen molar-refractivity contribution in [3.05, 3.63) is 47.7 Å². The minimum Gasteiger partial charge on any atom is -0.387 e. The molecule has 0 spiro atoms. The molecule has 0 radical (unpaired) electrons. The molecule has 0 aromatic heterocycles. The van der Waals surface area contributed by atoms with E-state index in [9.17, 15) is 0 Å². The highest BCUT2D eigenvalue weighted by atomic mass is 14.9. The largest absolute Gasteiger partial charge is 0.387 e. The summed E-state index contributed by atoms with van der Waals surface area (Å²) in [6, 6.07) is 11.0. The average molecular weight is 189 g/mol. The molecule has 1 aromatic carbocycles. The lowest BCUT2D eigenvalue weighted by molar-refractivity contribution is 0.667. The topological polar surface area (TPSA) is 12.0 Å². The van der Waals surface area contributed by atoms with Crippen molar-refractivity contribution in [2.75, 3.05) is 0 Å². The van der Waals surface area contributed by atoms with Gasteiger partial charge in [0.1, 0.15) is 0 Å². The molecule has 0 fully saturated rings. The van der Waals surface area contributed by atoms with Gasteiger partial charge in [-0.1, -0.05) is 36.4 Å². The third-order valence-corrected chi connectivity index (χ3v) is 2.00. The maximum Gasteiger partial charge on any atom is 0.0201 e. The van der Waals surface area contributed by atoms with Crippen LogP contribution in [0.25, 0.3) is 0 Å². The highest BCUT2D eigenvalue weighted by molar-refractivity contribution is 5.18. The fraction of sp³-hybridized carbons (Fsp3) is 0.385. The lowest BCUT2D eigenvalue weighted by Crippen LogP contribution is -2.20. The van der Waals surface area contributed by atoms with Gasteiger partial charge >= 0.3 is 0 Å². The Labute approximate surface area is 86.8 Å². The Morgan fingerprint density at radius 3 is 2.50 bits per heavy atom. The second-order valence-corrected chi connectivity index (χ2v) is 3.88. The molecule has 0 saturated carbocycles. The number of benzene rings is 1. The molecule has 1 heteroatoms. The first kappa shape index (κ1) is 10.8. The van der Waals surface area contributed by atoms with Gasteiger partial charge in [0.2, 0.25) is 0 Å². The summed E-state index contributed by atoms with van der Waals surface area (Å²) in [5.74, 6) is 0. The predicted molar refractivity (Wildman–Crippen MR) is 62.2 cm³/mol. The molecular formula is C13H19N. The fourth-order valence-electron chi connectivity index (χ4n) is 1.40. The number of hydrogen-bond acceptors (Lipinski definition) is 1. The zero-order chi connectivity index (χ0) is 10.4. The maximum atomic E-state index is 3.37. The molecule has 1 N–H and O–H groups in total. The molecule has 0 amide bonds. The van der Waals surface area contributed by atoms with Crippen molar-refractivity contribution in [1.29, 1.82) is 0 Å². The summed E-state index contributed by atoms with van der Waals surface area (Å²) < 4.78 is 0. The highest BCUT2D eigenvalue weighted by Gasteiger charge is 1.92. The monoisotopic (exact) mass is 189 g/mol. The van der Waals surface area contributed by atoms with Crippen LogP contribution in [0.2, 0.25) is 0 Å². The van der Waals surface area contributed by atoms with Gasteiger partial charge in [-0.3, -0.25) is 0 Å². The molecule has 0 aliphatic heterocycles. The van der Waals surface area contributed by atoms with E-state index < -0.39 is 0 Å². The molecule has 0 saturated heterocycles. The molecule has 0 heterocycles. The Morgan fingerprint density at radius 1 is 1.29 bits per heavy atom. The van der Waals surface area contributed by atoms with Crippen LogP contribution in [0, 0.1) is 0 Å². The average Bonchev–Trinajstić information content (AvgIpc) is 2.15. The maximum absolute atomic E-state index is 3.37. The van der Waals surface area contributed by atoms with Crippen molar-refractivity contribution in [3.8, 4) is 0 Å². The molecule has 0 aliphatic rings. The van der Waals surface area contributed by atoms with Crippen LogP contribution < -0.4 is 5.32 Å². The van der Waals surface area contributed by atoms with Gasteiger partial charge in [0.15, 0.2) is 0 Å². The van der Waals surface area contributed by atoms with E-state index in [2.05, 4.69) is 56.4 Å². The van der Waals surface area contributed by atoms with E-state index in [4.69, 9.17) is 0 Å². The molecule has 0 unspecified atom stereocenters. The molecular weight excluding hydrogens is 170 g/mol. The quantitative estimate of drug-likeness (QED) is 0.767. The van der Waals surface area contributed by atoms with Crippen molar-refractivity contribution >= 4 is 0 Å². The standard InChI is InChI=1S/C13H19N/c1-11(2)14-12(3)9-10-13-7-5-4-6-8-13/h4-9,11,14H,10H2,1-3H3/b12-9-. The van der Waals surface area contributed by atoms with Crippen LogP contribution in [-0.4, -0.2) is 6.04 Å². The smallest absolute Gasteiger partial charge is 0.0201 e. The molecule has 1 rings (SSSR count). The first-order valence-corrected chi connectivity index (χ1v) is 5.15. The van der Waals surface area contributed by atoms with Gasteiger partial charge in [-0.05, 0) is 32.8 Å². The third-order valence-electron chi connectivity index (χ3n) is 2.00. The van der Waals surface area contributed by atoms with E-state index in [1.807, 2.05) is 6.07 Å². The van der Waals surface area contributed by atoms with E-state index in [0.29, 0.717) is 6.04 Å². The summed E-state index contributed by atoms with van der Waals surface area (Å²) in [5.41, 5.74) is 2.61. The zero-order valence-electron chi connectivity index (χ0n) is 9.25. The van der Waals surface area contributed by atoms with Crippen molar-refractivity contribution in [2.24, 2.45) is 0 Å². The summed E-state index contributed by atoms with van der Waals surface area (Å²) >= 11 is 0. The SMILES string of the molecule is C/C(=C/Cc1ccccc1)NC(C)C. The van der Waals surface area contributed by atoms with Gasteiger partial charge in [-0.2, -0.15) is 0 Å². The van der Waals surface area contributed by atoms with Gasteiger partial charge in [-0.15, -0.1) is 0 Å². The Morgan fingerprint density at radius 2 is 1.93 bits per heavy atom. The molecule has 0 aliphatic carbocycles. The minimum absolute atomic E-state index is 0.516. The molecule has 0 atom stereocenters. The van der Waals surface area contributed by atoms with E-state index in [1.54, 1.807) is 0 Å². The van der Waals surface area contributed by atoms with Crippen molar-refractivity contribution in [3.63, 3.8) is 0 Å². The van der Waals surface area contributed by atoms with E-state index >= 15 is 0 Å². The summed E-state index contributed by atoms with van der Waals surface area (Å²) in [6.07, 6.45) is 3.24. The number of hydrogen-bond donors (Lipinski definition) is 1. The Balaban J connectivity index is 2.47. The van der Waals surface area contributed by atoms with Crippen LogP contribution in [0.15, 0.2) is 42.1 Å². The first-order chi connectivity index (χ1) is 6.68. The van der Waals surface area contributed by atoms with Crippen molar-refractivity contribution < 1.29 is 0 Å². The predicted octanol–water partition coefficient (Wildman–Crippen LogP) is 3.13. The van der Waals surface area contributed by atoms with Crippen LogP contribution in [-0.2, 0) is 6.42 Å². The molecule has 76 valence electrons. The van der Waals surface area contributed by atoms with Crippen molar-refractivity contribution in [1.82, 2.24) is 5.32 Å².